The van der Waals surface area contributed by atoms with E-state index in [2.05, 4.69) is 160 Å². The minimum absolute atomic E-state index is 0.163. The number of hydrogen-bond donors (Lipinski definition) is 0. The maximum absolute atomic E-state index is 3.69. The minimum Gasteiger partial charge on any atom is -0.273 e. The van der Waals surface area contributed by atoms with Gasteiger partial charge in [-0.25, -0.2) is 12.2 Å². The predicted octanol–water partition coefficient (Wildman–Crippen LogP) is 11.9. The van der Waals surface area contributed by atoms with E-state index in [4.69, 9.17) is 0 Å². The van der Waals surface area contributed by atoms with E-state index in [9.17, 15) is 0 Å². The normalized spacial score (nSPS) is 13.0. The van der Waals surface area contributed by atoms with Crippen molar-refractivity contribution in [3.8, 4) is 11.1 Å². The maximum atomic E-state index is 3.69. The zero-order chi connectivity index (χ0) is 32.2. The Kier molecular flexibility index (Phi) is 11.6. The molecule has 4 aromatic rings. The first-order valence-corrected chi connectivity index (χ1v) is 18.0. The number of allylic oxidation sites excluding steroid dienone is 4. The molecule has 0 radical (unpaired) electrons. The van der Waals surface area contributed by atoms with Crippen LogP contribution in [0.5, 0.6) is 0 Å². The topological polar surface area (TPSA) is 0 Å². The SMILES string of the molecule is Brc1cccc([C](=[Zr+2])c2cccc(Br)c2)c1.Cc1[c-]c2c(cc1C(C)(C)C)-c1cc(C(C)(C)C)c(C)cc1C2.[C-]1=CC=CC1. The van der Waals surface area contributed by atoms with E-state index in [0.717, 1.165) is 21.8 Å². The molecular weight excluding hydrogens is 743 g/mol. The second-order valence-electron chi connectivity index (χ2n) is 13.6. The van der Waals surface area contributed by atoms with E-state index in [1.54, 1.807) is 0 Å². The molecule has 0 saturated heterocycles. The first-order valence-electron chi connectivity index (χ1n) is 15.2. The second-order valence-corrected chi connectivity index (χ2v) is 16.7. The first-order chi connectivity index (χ1) is 20.6. The summed E-state index contributed by atoms with van der Waals surface area (Å²) in [5.74, 6) is 0. The summed E-state index contributed by atoms with van der Waals surface area (Å²) in [6.07, 6.45) is 11.0. The van der Waals surface area contributed by atoms with Crippen molar-refractivity contribution in [2.24, 2.45) is 0 Å². The van der Waals surface area contributed by atoms with Gasteiger partial charge in [-0.2, -0.15) is 23.8 Å². The molecule has 0 heterocycles. The van der Waals surface area contributed by atoms with Crippen LogP contribution in [0.1, 0.15) is 92.5 Å². The summed E-state index contributed by atoms with van der Waals surface area (Å²) in [7, 11) is 0. The Labute approximate surface area is 297 Å². The van der Waals surface area contributed by atoms with E-state index in [1.807, 2.05) is 24.3 Å². The van der Waals surface area contributed by atoms with Crippen LogP contribution in [0.4, 0.5) is 0 Å². The molecule has 0 atom stereocenters. The monoisotopic (exact) mass is 782 g/mol. The van der Waals surface area contributed by atoms with Gasteiger partial charge < -0.3 is 0 Å². The van der Waals surface area contributed by atoms with E-state index in [-0.39, 0.29) is 10.8 Å². The summed E-state index contributed by atoms with van der Waals surface area (Å²) < 4.78 is 3.62. The first kappa shape index (κ1) is 34.9. The van der Waals surface area contributed by atoms with Gasteiger partial charge in [-0.1, -0.05) is 71.6 Å². The van der Waals surface area contributed by atoms with Gasteiger partial charge in [0.2, 0.25) is 0 Å². The molecule has 6 rings (SSSR count). The summed E-state index contributed by atoms with van der Waals surface area (Å²) in [5, 5.41) is 0. The van der Waals surface area contributed by atoms with Crippen LogP contribution in [0.15, 0.2) is 93.9 Å². The Morgan fingerprint density at radius 3 is 1.77 bits per heavy atom. The second kappa shape index (κ2) is 14.7. The average molecular weight is 786 g/mol. The van der Waals surface area contributed by atoms with Crippen molar-refractivity contribution in [2.45, 2.75) is 79.1 Å². The summed E-state index contributed by atoms with van der Waals surface area (Å²) in [6, 6.07) is 27.8. The molecule has 0 amide bonds. The van der Waals surface area contributed by atoms with Crippen molar-refractivity contribution in [3.05, 3.63) is 151 Å². The largest absolute Gasteiger partial charge is 0.273 e. The Morgan fingerprint density at radius 1 is 0.750 bits per heavy atom. The Bertz CT molecular complexity index is 1600. The van der Waals surface area contributed by atoms with Gasteiger partial charge in [0.15, 0.2) is 0 Å². The molecule has 0 aromatic heterocycles. The number of benzene rings is 4. The molecule has 2 aliphatic rings. The van der Waals surface area contributed by atoms with Gasteiger partial charge in [0.1, 0.15) is 0 Å². The van der Waals surface area contributed by atoms with Crippen LogP contribution in [-0.4, -0.2) is 3.21 Å². The van der Waals surface area contributed by atoms with E-state index in [1.165, 1.54) is 83.1 Å². The van der Waals surface area contributed by atoms with Crippen LogP contribution in [0.2, 0.25) is 0 Å². The summed E-state index contributed by atoms with van der Waals surface area (Å²) >= 11 is 8.43. The molecule has 44 heavy (non-hydrogen) atoms. The third-order valence-electron chi connectivity index (χ3n) is 7.89. The number of aryl methyl sites for hydroxylation is 2. The van der Waals surface area contributed by atoms with Crippen LogP contribution in [0.3, 0.4) is 0 Å². The predicted molar refractivity (Wildman–Crippen MR) is 193 cm³/mol. The Morgan fingerprint density at radius 2 is 1.32 bits per heavy atom. The molecule has 4 aromatic carbocycles. The summed E-state index contributed by atoms with van der Waals surface area (Å²) in [4.78, 5) is 0. The molecule has 3 heteroatoms. The van der Waals surface area contributed by atoms with Gasteiger partial charge in [0.05, 0.1) is 0 Å². The number of hydrogen-bond acceptors (Lipinski definition) is 0. The van der Waals surface area contributed by atoms with Crippen molar-refractivity contribution in [1.82, 2.24) is 0 Å². The molecule has 0 saturated carbocycles. The van der Waals surface area contributed by atoms with Gasteiger partial charge in [0.25, 0.3) is 0 Å². The third-order valence-corrected chi connectivity index (χ3v) is 10.3. The van der Waals surface area contributed by atoms with Gasteiger partial charge in [-0.15, -0.1) is 23.1 Å². The van der Waals surface area contributed by atoms with Gasteiger partial charge >= 0.3 is 128 Å². The van der Waals surface area contributed by atoms with Crippen LogP contribution < -0.4 is 0 Å². The van der Waals surface area contributed by atoms with Crippen molar-refractivity contribution in [1.29, 1.82) is 0 Å². The van der Waals surface area contributed by atoms with Crippen molar-refractivity contribution in [2.75, 3.05) is 0 Å². The molecule has 0 N–H and O–H groups in total. The molecule has 0 aliphatic heterocycles. The summed E-state index contributed by atoms with van der Waals surface area (Å²) in [5.41, 5.74) is 14.2. The van der Waals surface area contributed by atoms with E-state index in [0.29, 0.717) is 0 Å². The fourth-order valence-electron chi connectivity index (χ4n) is 5.82. The Balaban J connectivity index is 0.000000181. The fraction of sp³-hybridized carbons (Fsp3) is 0.293. The molecule has 224 valence electrons. The molecule has 2 aliphatic carbocycles. The molecule has 0 bridgehead atoms. The fourth-order valence-corrected chi connectivity index (χ4v) is 7.38. The standard InChI is InChI=1S/C23H29.C13H8Br2.C5H5.Zr/c1-14-9-16-11-17-10-15(2)21(23(6,7)8)13-19(17)18(16)12-20(14)22(3,4)5;14-12-5-1-3-10(8-12)7-11-4-2-6-13(15)9-11;1-2-4-5-3-1;/h9,12-13H,11H2,1-8H3;1-6,8-9H;1-3H,4H2;/q-1;;-1;+2. The van der Waals surface area contributed by atoms with Crippen LogP contribution in [-0.2, 0) is 41.5 Å². The zero-order valence-electron chi connectivity index (χ0n) is 27.3. The van der Waals surface area contributed by atoms with Crippen molar-refractivity contribution in [3.63, 3.8) is 0 Å². The third kappa shape index (κ3) is 8.87. The number of halogens is 2. The number of rotatable bonds is 2. The maximum Gasteiger partial charge on any atom is -0.0129 e. The summed E-state index contributed by atoms with van der Waals surface area (Å²) in [6.45, 7) is 18.2. The van der Waals surface area contributed by atoms with E-state index < -0.39 is 0 Å². The van der Waals surface area contributed by atoms with Crippen LogP contribution in [0, 0.1) is 26.0 Å². The minimum atomic E-state index is 0.163. The molecule has 0 spiro atoms. The van der Waals surface area contributed by atoms with Gasteiger partial charge in [-0.3, -0.25) is 6.08 Å². The molecular formula is C41H42Br2Zr. The van der Waals surface area contributed by atoms with Crippen LogP contribution >= 0.6 is 31.9 Å². The van der Waals surface area contributed by atoms with Crippen molar-refractivity contribution >= 4 is 35.1 Å². The molecule has 0 nitrogen and oxygen atoms in total. The van der Waals surface area contributed by atoms with Crippen LogP contribution in [0.25, 0.3) is 11.1 Å². The molecule has 0 unspecified atom stereocenters. The van der Waals surface area contributed by atoms with Gasteiger partial charge in [0, 0.05) is 0 Å². The van der Waals surface area contributed by atoms with Crippen molar-refractivity contribution < 1.29 is 24.2 Å². The average Bonchev–Trinajstić information content (AvgIpc) is 3.62. The van der Waals surface area contributed by atoms with E-state index >= 15 is 0 Å². The number of fused-ring (bicyclic) bond motifs is 3. The van der Waals surface area contributed by atoms with Gasteiger partial charge in [-0.05, 0) is 35.4 Å². The Hall–Kier alpha value is -1.93. The molecule has 0 fully saturated rings. The smallest absolute Gasteiger partial charge is 0.0129 e. The quantitative estimate of drug-likeness (QED) is 0.156. The zero-order valence-corrected chi connectivity index (χ0v) is 32.9.